The number of allylic oxidation sites excluding steroid dienone is 4. The van der Waals surface area contributed by atoms with Gasteiger partial charge in [0.15, 0.2) is 0 Å². The summed E-state index contributed by atoms with van der Waals surface area (Å²) in [7, 11) is 0. The normalized spacial score (nSPS) is 30.2. The Bertz CT molecular complexity index is 505. The molecule has 16 heavy (non-hydrogen) atoms. The van der Waals surface area contributed by atoms with Gasteiger partial charge >= 0.3 is 0 Å². The van der Waals surface area contributed by atoms with Crippen LogP contribution in [0.25, 0.3) is 5.57 Å². The van der Waals surface area contributed by atoms with Crippen LogP contribution in [0.3, 0.4) is 0 Å². The fourth-order valence-corrected chi connectivity index (χ4v) is 3.81. The van der Waals surface area contributed by atoms with Crippen LogP contribution in [0, 0.1) is 11.8 Å². The molecule has 0 amide bonds. The van der Waals surface area contributed by atoms with Gasteiger partial charge in [-0.25, -0.2) is 0 Å². The highest BCUT2D eigenvalue weighted by Crippen LogP contribution is 2.50. The van der Waals surface area contributed by atoms with Crippen molar-refractivity contribution in [2.24, 2.45) is 11.8 Å². The number of hydrogen-bond donors (Lipinski definition) is 0. The maximum absolute atomic E-state index is 2.47. The molecule has 1 fully saturated rings. The Labute approximate surface area is 96.7 Å². The third kappa shape index (κ3) is 1.05. The van der Waals surface area contributed by atoms with Crippen molar-refractivity contribution in [2.75, 3.05) is 0 Å². The van der Waals surface area contributed by atoms with Crippen LogP contribution in [0.2, 0.25) is 0 Å². The molecule has 0 heterocycles. The lowest BCUT2D eigenvalue weighted by molar-refractivity contribution is 0.566. The monoisotopic (exact) mass is 208 g/mol. The lowest BCUT2D eigenvalue weighted by atomic mass is 9.81. The Balaban J connectivity index is 1.89. The first kappa shape index (κ1) is 8.81. The van der Waals surface area contributed by atoms with Crippen LogP contribution in [-0.2, 0) is 6.42 Å². The van der Waals surface area contributed by atoms with E-state index in [0.717, 1.165) is 11.8 Å². The molecule has 1 aromatic carbocycles. The zero-order valence-corrected chi connectivity index (χ0v) is 9.45. The van der Waals surface area contributed by atoms with Crippen molar-refractivity contribution in [1.29, 1.82) is 0 Å². The molecule has 3 aliphatic rings. The highest BCUT2D eigenvalue weighted by atomic mass is 14.4. The highest BCUT2D eigenvalue weighted by Gasteiger charge is 2.35. The summed E-state index contributed by atoms with van der Waals surface area (Å²) in [5, 5.41) is 0. The van der Waals surface area contributed by atoms with Gasteiger partial charge in [0.05, 0.1) is 0 Å². The van der Waals surface area contributed by atoms with Gasteiger partial charge in [0.25, 0.3) is 0 Å². The van der Waals surface area contributed by atoms with Crippen LogP contribution in [0.15, 0.2) is 42.0 Å². The third-order valence-electron chi connectivity index (χ3n) is 4.52. The van der Waals surface area contributed by atoms with E-state index in [9.17, 15) is 0 Å². The molecule has 0 N–H and O–H groups in total. The average Bonchev–Trinajstić information content (AvgIpc) is 2.91. The minimum atomic E-state index is 0.837. The summed E-state index contributed by atoms with van der Waals surface area (Å²) >= 11 is 0. The summed E-state index contributed by atoms with van der Waals surface area (Å²) in [4.78, 5) is 0. The molecule has 0 bridgehead atoms. The van der Waals surface area contributed by atoms with Gasteiger partial charge in [-0.1, -0.05) is 42.8 Å². The van der Waals surface area contributed by atoms with Gasteiger partial charge in [0.2, 0.25) is 0 Å². The van der Waals surface area contributed by atoms with E-state index in [0.29, 0.717) is 0 Å². The molecule has 0 heteroatoms. The molecule has 1 aromatic rings. The second kappa shape index (κ2) is 3.10. The standard InChI is InChI=1S/C16H16/c1-2-6-15-12(4-1)10-13-9-8-11-5-3-7-14(11)16(13)15/h1-2,4,6,8-9,11,14H,3,5,7,10H2. The Morgan fingerprint density at radius 2 is 2.00 bits per heavy atom. The second-order valence-corrected chi connectivity index (χ2v) is 5.33. The van der Waals surface area contributed by atoms with Crippen LogP contribution in [-0.4, -0.2) is 0 Å². The van der Waals surface area contributed by atoms with E-state index >= 15 is 0 Å². The van der Waals surface area contributed by atoms with Gasteiger partial charge in [0, 0.05) is 0 Å². The number of fused-ring (bicyclic) bond motifs is 4. The fraction of sp³-hybridized carbons (Fsp3) is 0.375. The molecule has 3 aliphatic carbocycles. The van der Waals surface area contributed by atoms with E-state index in [1.165, 1.54) is 25.7 Å². The lowest BCUT2D eigenvalue weighted by Gasteiger charge is -2.23. The van der Waals surface area contributed by atoms with Crippen molar-refractivity contribution in [3.63, 3.8) is 0 Å². The molecule has 0 spiro atoms. The third-order valence-corrected chi connectivity index (χ3v) is 4.52. The first-order valence-corrected chi connectivity index (χ1v) is 6.43. The molecular formula is C16H16. The average molecular weight is 208 g/mol. The van der Waals surface area contributed by atoms with E-state index in [1.807, 2.05) is 0 Å². The quantitative estimate of drug-likeness (QED) is 0.605. The van der Waals surface area contributed by atoms with Crippen molar-refractivity contribution >= 4 is 5.57 Å². The molecular weight excluding hydrogens is 192 g/mol. The lowest BCUT2D eigenvalue weighted by Crippen LogP contribution is -2.11. The summed E-state index contributed by atoms with van der Waals surface area (Å²) in [6.45, 7) is 0. The number of hydrogen-bond acceptors (Lipinski definition) is 0. The molecule has 1 saturated carbocycles. The Kier molecular flexibility index (Phi) is 1.71. The van der Waals surface area contributed by atoms with Gasteiger partial charge in [-0.05, 0) is 53.4 Å². The van der Waals surface area contributed by atoms with Crippen LogP contribution < -0.4 is 0 Å². The van der Waals surface area contributed by atoms with E-state index in [1.54, 1.807) is 22.3 Å². The second-order valence-electron chi connectivity index (χ2n) is 5.33. The van der Waals surface area contributed by atoms with Gasteiger partial charge in [-0.15, -0.1) is 0 Å². The predicted molar refractivity (Wildman–Crippen MR) is 67.0 cm³/mol. The Morgan fingerprint density at radius 1 is 1.06 bits per heavy atom. The van der Waals surface area contributed by atoms with Gasteiger partial charge in [-0.2, -0.15) is 0 Å². The van der Waals surface area contributed by atoms with Crippen molar-refractivity contribution in [3.05, 3.63) is 53.1 Å². The molecule has 0 saturated heterocycles. The SMILES string of the molecule is C1=CC2CCCC2C2=C1Cc1ccccc12. The first-order chi connectivity index (χ1) is 7.93. The fourth-order valence-electron chi connectivity index (χ4n) is 3.81. The minimum Gasteiger partial charge on any atom is -0.0805 e. The van der Waals surface area contributed by atoms with Gasteiger partial charge < -0.3 is 0 Å². The summed E-state index contributed by atoms with van der Waals surface area (Å²) in [6, 6.07) is 8.99. The molecule has 80 valence electrons. The van der Waals surface area contributed by atoms with E-state index < -0.39 is 0 Å². The molecule has 0 aliphatic heterocycles. The van der Waals surface area contributed by atoms with E-state index in [-0.39, 0.29) is 0 Å². The first-order valence-electron chi connectivity index (χ1n) is 6.43. The van der Waals surface area contributed by atoms with Crippen molar-refractivity contribution < 1.29 is 0 Å². The summed E-state index contributed by atoms with van der Waals surface area (Å²) in [5.74, 6) is 1.67. The zero-order chi connectivity index (χ0) is 10.5. The smallest absolute Gasteiger partial charge is 0.00168 e. The number of benzene rings is 1. The molecule has 0 aromatic heterocycles. The molecule has 4 rings (SSSR count). The molecule has 2 atom stereocenters. The molecule has 0 radical (unpaired) electrons. The zero-order valence-electron chi connectivity index (χ0n) is 9.45. The maximum atomic E-state index is 2.47. The van der Waals surface area contributed by atoms with E-state index in [2.05, 4.69) is 36.4 Å². The highest BCUT2D eigenvalue weighted by molar-refractivity contribution is 5.81. The largest absolute Gasteiger partial charge is 0.0805 e. The molecule has 0 nitrogen and oxygen atoms in total. The Morgan fingerprint density at radius 3 is 3.00 bits per heavy atom. The van der Waals surface area contributed by atoms with Crippen LogP contribution >= 0.6 is 0 Å². The topological polar surface area (TPSA) is 0 Å². The predicted octanol–water partition coefficient (Wildman–Crippen LogP) is 3.98. The van der Waals surface area contributed by atoms with Gasteiger partial charge in [0.1, 0.15) is 0 Å². The van der Waals surface area contributed by atoms with Crippen molar-refractivity contribution in [1.82, 2.24) is 0 Å². The van der Waals surface area contributed by atoms with Crippen molar-refractivity contribution in [2.45, 2.75) is 25.7 Å². The van der Waals surface area contributed by atoms with Crippen LogP contribution in [0.4, 0.5) is 0 Å². The van der Waals surface area contributed by atoms with Crippen LogP contribution in [0.5, 0.6) is 0 Å². The summed E-state index contributed by atoms with van der Waals surface area (Å²) in [5.41, 5.74) is 6.40. The Hall–Kier alpha value is -1.30. The minimum absolute atomic E-state index is 0.837. The van der Waals surface area contributed by atoms with Gasteiger partial charge in [-0.3, -0.25) is 0 Å². The van der Waals surface area contributed by atoms with Crippen molar-refractivity contribution in [3.8, 4) is 0 Å². The van der Waals surface area contributed by atoms with E-state index in [4.69, 9.17) is 0 Å². The maximum Gasteiger partial charge on any atom is -0.00168 e. The summed E-state index contributed by atoms with van der Waals surface area (Å²) < 4.78 is 0. The summed E-state index contributed by atoms with van der Waals surface area (Å²) in [6.07, 6.45) is 10.3. The number of rotatable bonds is 0. The molecule has 2 unspecified atom stereocenters. The van der Waals surface area contributed by atoms with Crippen LogP contribution in [0.1, 0.15) is 30.4 Å².